The second-order valence-corrected chi connectivity index (χ2v) is 6.79. The van der Waals surface area contributed by atoms with Gasteiger partial charge in [-0.15, -0.1) is 0 Å². The second kappa shape index (κ2) is 10.8. The Morgan fingerprint density at radius 1 is 1.22 bits per heavy atom. The van der Waals surface area contributed by atoms with Gasteiger partial charge in [-0.3, -0.25) is 0 Å². The van der Waals surface area contributed by atoms with Crippen LogP contribution in [0.3, 0.4) is 0 Å². The van der Waals surface area contributed by atoms with Crippen LogP contribution in [0.2, 0.25) is 0 Å². The Morgan fingerprint density at radius 3 is 2.57 bits per heavy atom. The normalized spacial score (nSPS) is 10.0. The molecule has 7 heteroatoms. The Labute approximate surface area is 155 Å². The van der Waals surface area contributed by atoms with Gasteiger partial charge < -0.3 is 14.3 Å². The summed E-state index contributed by atoms with van der Waals surface area (Å²) in [5.74, 6) is 1.50. The third-order valence-electron chi connectivity index (χ3n) is 2.56. The molecule has 1 aromatic carbocycles. The zero-order valence-electron chi connectivity index (χ0n) is 13.4. The second-order valence-electron chi connectivity index (χ2n) is 4.93. The standard InChI is InChI=1S/C16H20BrCl2NO3/c1-11(2)20-23-7-4-6-22-16-12(3)9-13(10-14(16)17)21-8-5-15(18)19/h5,9-10H,4,6-8H2,1-3H3. The Balaban J connectivity index is 2.50. The summed E-state index contributed by atoms with van der Waals surface area (Å²) in [6.07, 6.45) is 2.33. The third kappa shape index (κ3) is 8.49. The lowest BCUT2D eigenvalue weighted by Crippen LogP contribution is -2.04. The molecule has 0 fully saturated rings. The summed E-state index contributed by atoms with van der Waals surface area (Å²) in [7, 11) is 0. The molecule has 0 unspecified atom stereocenters. The maximum Gasteiger partial charge on any atom is 0.136 e. The Hall–Kier alpha value is -0.910. The van der Waals surface area contributed by atoms with Crippen molar-refractivity contribution in [3.8, 4) is 11.5 Å². The first-order valence-corrected chi connectivity index (χ1v) is 8.65. The van der Waals surface area contributed by atoms with Gasteiger partial charge in [0.05, 0.1) is 16.8 Å². The van der Waals surface area contributed by atoms with Crippen molar-refractivity contribution in [1.29, 1.82) is 0 Å². The molecular formula is C16H20BrCl2NO3. The number of benzene rings is 1. The quantitative estimate of drug-likeness (QED) is 0.292. The summed E-state index contributed by atoms with van der Waals surface area (Å²) in [6.45, 7) is 7.10. The molecule has 0 aliphatic carbocycles. The number of hydrogen-bond donors (Lipinski definition) is 0. The van der Waals surface area contributed by atoms with Gasteiger partial charge >= 0.3 is 0 Å². The van der Waals surface area contributed by atoms with Crippen molar-refractivity contribution in [1.82, 2.24) is 0 Å². The molecule has 0 spiro atoms. The molecular weight excluding hydrogens is 405 g/mol. The van der Waals surface area contributed by atoms with E-state index < -0.39 is 0 Å². The number of halogens is 3. The molecule has 128 valence electrons. The predicted molar refractivity (Wildman–Crippen MR) is 99.0 cm³/mol. The summed E-state index contributed by atoms with van der Waals surface area (Å²) in [6, 6.07) is 3.75. The number of ether oxygens (including phenoxy) is 2. The average Bonchev–Trinajstić information content (AvgIpc) is 2.44. The first kappa shape index (κ1) is 20.1. The van der Waals surface area contributed by atoms with Gasteiger partial charge in [0.2, 0.25) is 0 Å². The first-order valence-electron chi connectivity index (χ1n) is 7.10. The Kier molecular flexibility index (Phi) is 9.44. The topological polar surface area (TPSA) is 40.0 Å². The van der Waals surface area contributed by atoms with Crippen molar-refractivity contribution in [2.45, 2.75) is 27.2 Å². The van der Waals surface area contributed by atoms with Crippen LogP contribution in [-0.2, 0) is 4.84 Å². The smallest absolute Gasteiger partial charge is 0.136 e. The summed E-state index contributed by atoms with van der Waals surface area (Å²) in [5, 5.41) is 3.87. The molecule has 0 saturated heterocycles. The molecule has 0 heterocycles. The highest BCUT2D eigenvalue weighted by Gasteiger charge is 2.08. The fraction of sp³-hybridized carbons (Fsp3) is 0.438. The van der Waals surface area contributed by atoms with Gasteiger partial charge in [-0.1, -0.05) is 28.4 Å². The van der Waals surface area contributed by atoms with Crippen LogP contribution >= 0.6 is 39.1 Å². The molecule has 0 aromatic heterocycles. The lowest BCUT2D eigenvalue weighted by Gasteiger charge is -2.13. The number of hydrogen-bond acceptors (Lipinski definition) is 4. The molecule has 0 atom stereocenters. The molecule has 1 rings (SSSR count). The van der Waals surface area contributed by atoms with Crippen molar-refractivity contribution in [3.63, 3.8) is 0 Å². The molecule has 1 aromatic rings. The highest BCUT2D eigenvalue weighted by atomic mass is 79.9. The van der Waals surface area contributed by atoms with E-state index in [2.05, 4.69) is 21.1 Å². The summed E-state index contributed by atoms with van der Waals surface area (Å²) < 4.78 is 12.4. The third-order valence-corrected chi connectivity index (χ3v) is 3.46. The molecule has 23 heavy (non-hydrogen) atoms. The van der Waals surface area contributed by atoms with E-state index in [0.717, 1.165) is 27.9 Å². The van der Waals surface area contributed by atoms with Crippen LogP contribution in [0.5, 0.6) is 11.5 Å². The maximum atomic E-state index is 5.79. The van der Waals surface area contributed by atoms with Crippen molar-refractivity contribution in [2.24, 2.45) is 5.16 Å². The van der Waals surface area contributed by atoms with Gasteiger partial charge in [0.25, 0.3) is 0 Å². The van der Waals surface area contributed by atoms with Crippen LogP contribution in [-0.4, -0.2) is 25.5 Å². The highest BCUT2D eigenvalue weighted by Crippen LogP contribution is 2.33. The molecule has 0 saturated carbocycles. The van der Waals surface area contributed by atoms with Gasteiger partial charge in [0, 0.05) is 6.42 Å². The molecule has 0 N–H and O–H groups in total. The van der Waals surface area contributed by atoms with Crippen molar-refractivity contribution >= 4 is 44.8 Å². The minimum atomic E-state index is 0.186. The SMILES string of the molecule is CC(C)=NOCCCOc1c(C)cc(OCC=C(Cl)Cl)cc1Br. The van der Waals surface area contributed by atoms with Crippen LogP contribution in [0.4, 0.5) is 0 Å². The zero-order chi connectivity index (χ0) is 17.2. The fourth-order valence-electron chi connectivity index (χ4n) is 1.64. The van der Waals surface area contributed by atoms with E-state index in [-0.39, 0.29) is 4.49 Å². The Morgan fingerprint density at radius 2 is 1.96 bits per heavy atom. The van der Waals surface area contributed by atoms with E-state index >= 15 is 0 Å². The molecule has 0 amide bonds. The number of oxime groups is 1. The summed E-state index contributed by atoms with van der Waals surface area (Å²) in [4.78, 5) is 5.13. The minimum Gasteiger partial charge on any atom is -0.492 e. The van der Waals surface area contributed by atoms with E-state index in [1.54, 1.807) is 6.08 Å². The molecule has 0 radical (unpaired) electrons. The molecule has 4 nitrogen and oxygen atoms in total. The van der Waals surface area contributed by atoms with E-state index in [0.29, 0.717) is 25.6 Å². The Bertz CT molecular complexity index is 545. The molecule has 0 aliphatic rings. The van der Waals surface area contributed by atoms with E-state index in [4.69, 9.17) is 37.5 Å². The van der Waals surface area contributed by atoms with Crippen molar-refractivity contribution in [3.05, 3.63) is 32.7 Å². The van der Waals surface area contributed by atoms with E-state index in [9.17, 15) is 0 Å². The van der Waals surface area contributed by atoms with E-state index in [1.807, 2.05) is 32.9 Å². The molecule has 0 bridgehead atoms. The fourth-order valence-corrected chi connectivity index (χ4v) is 2.42. The average molecular weight is 425 g/mol. The zero-order valence-corrected chi connectivity index (χ0v) is 16.5. The van der Waals surface area contributed by atoms with Crippen LogP contribution < -0.4 is 9.47 Å². The van der Waals surface area contributed by atoms with E-state index in [1.165, 1.54) is 0 Å². The molecule has 0 aliphatic heterocycles. The predicted octanol–water partition coefficient (Wildman–Crippen LogP) is 5.64. The number of rotatable bonds is 9. The van der Waals surface area contributed by atoms with Crippen molar-refractivity contribution in [2.75, 3.05) is 19.8 Å². The van der Waals surface area contributed by atoms with Crippen LogP contribution in [0.15, 0.2) is 32.3 Å². The van der Waals surface area contributed by atoms with Crippen molar-refractivity contribution < 1.29 is 14.3 Å². The van der Waals surface area contributed by atoms with Gasteiger partial charge in [-0.05, 0) is 60.5 Å². The minimum absolute atomic E-state index is 0.186. The van der Waals surface area contributed by atoms with Gasteiger partial charge in [-0.2, -0.15) is 0 Å². The van der Waals surface area contributed by atoms with Crippen LogP contribution in [0.25, 0.3) is 0 Å². The lowest BCUT2D eigenvalue weighted by atomic mass is 10.2. The summed E-state index contributed by atoms with van der Waals surface area (Å²) >= 11 is 14.6. The summed E-state index contributed by atoms with van der Waals surface area (Å²) in [5.41, 5.74) is 1.86. The van der Waals surface area contributed by atoms with Gasteiger partial charge in [0.15, 0.2) is 0 Å². The maximum absolute atomic E-state index is 5.79. The van der Waals surface area contributed by atoms with Gasteiger partial charge in [0.1, 0.15) is 29.2 Å². The first-order chi connectivity index (χ1) is 10.9. The van der Waals surface area contributed by atoms with Crippen LogP contribution in [0, 0.1) is 6.92 Å². The van der Waals surface area contributed by atoms with Gasteiger partial charge in [-0.25, -0.2) is 0 Å². The monoisotopic (exact) mass is 423 g/mol. The largest absolute Gasteiger partial charge is 0.492 e. The highest BCUT2D eigenvalue weighted by molar-refractivity contribution is 9.10. The number of nitrogens with zero attached hydrogens (tertiary/aromatic N) is 1. The van der Waals surface area contributed by atoms with Crippen LogP contribution in [0.1, 0.15) is 25.8 Å². The lowest BCUT2D eigenvalue weighted by molar-refractivity contribution is 0.127. The number of aryl methyl sites for hydroxylation is 1.